The fraction of sp³-hybridized carbons (Fsp3) is 0.733. The average Bonchev–Trinajstić information content (AvgIpc) is 2.43. The molecule has 1 aromatic heterocycles. The Kier molecular flexibility index (Phi) is 6.60. The van der Waals surface area contributed by atoms with Crippen molar-refractivity contribution >= 4 is 11.6 Å². The summed E-state index contributed by atoms with van der Waals surface area (Å²) in [7, 11) is 2.13. The molecule has 4 nitrogen and oxygen atoms in total. The summed E-state index contributed by atoms with van der Waals surface area (Å²) in [5.74, 6) is 2.06. The van der Waals surface area contributed by atoms with Crippen LogP contribution in [0.5, 0.6) is 0 Å². The van der Waals surface area contributed by atoms with Gasteiger partial charge in [-0.3, -0.25) is 0 Å². The van der Waals surface area contributed by atoms with Gasteiger partial charge in [-0.1, -0.05) is 27.2 Å². The smallest absolute Gasteiger partial charge is 0.137 e. The largest absolute Gasteiger partial charge is 0.370 e. The third-order valence-electron chi connectivity index (χ3n) is 3.52. The zero-order valence-electron chi connectivity index (χ0n) is 13.0. The second-order valence-electron chi connectivity index (χ2n) is 5.05. The highest BCUT2D eigenvalue weighted by Crippen LogP contribution is 2.25. The molecule has 4 heteroatoms. The molecule has 1 heterocycles. The van der Waals surface area contributed by atoms with Crippen LogP contribution in [0, 0.1) is 0 Å². The average molecular weight is 264 g/mol. The molecule has 108 valence electrons. The molecule has 0 saturated carbocycles. The van der Waals surface area contributed by atoms with Gasteiger partial charge in [0.2, 0.25) is 0 Å². The van der Waals surface area contributed by atoms with E-state index in [1.807, 2.05) is 0 Å². The fourth-order valence-corrected chi connectivity index (χ4v) is 2.25. The van der Waals surface area contributed by atoms with Crippen molar-refractivity contribution in [3.8, 4) is 0 Å². The highest BCUT2D eigenvalue weighted by atomic mass is 15.2. The maximum atomic E-state index is 4.50. The number of nitrogens with one attached hydrogen (secondary N) is 1. The molecule has 0 bridgehead atoms. The van der Waals surface area contributed by atoms with Crippen LogP contribution in [-0.4, -0.2) is 29.6 Å². The minimum atomic E-state index is 0.504. The van der Waals surface area contributed by atoms with E-state index in [-0.39, 0.29) is 0 Å². The molecule has 1 N–H and O–H groups in total. The van der Waals surface area contributed by atoms with Gasteiger partial charge in [-0.05, 0) is 26.2 Å². The third kappa shape index (κ3) is 4.08. The summed E-state index contributed by atoms with van der Waals surface area (Å²) in [5, 5.41) is 3.40. The summed E-state index contributed by atoms with van der Waals surface area (Å²) in [5.41, 5.74) is 1.22. The SMILES string of the molecule is CCCNc1ncnc(N(C)C(C)CCC)c1CC. The van der Waals surface area contributed by atoms with Crippen molar-refractivity contribution < 1.29 is 0 Å². The van der Waals surface area contributed by atoms with Gasteiger partial charge in [0, 0.05) is 25.2 Å². The van der Waals surface area contributed by atoms with E-state index in [0.717, 1.165) is 31.0 Å². The Labute approximate surface area is 117 Å². The van der Waals surface area contributed by atoms with Crippen LogP contribution in [0.1, 0.15) is 52.5 Å². The Bertz CT molecular complexity index is 378. The normalized spacial score (nSPS) is 12.3. The first-order chi connectivity index (χ1) is 9.15. The molecule has 0 saturated heterocycles. The first-order valence-corrected chi connectivity index (χ1v) is 7.46. The van der Waals surface area contributed by atoms with E-state index in [9.17, 15) is 0 Å². The second-order valence-corrected chi connectivity index (χ2v) is 5.05. The highest BCUT2D eigenvalue weighted by Gasteiger charge is 2.16. The van der Waals surface area contributed by atoms with Crippen LogP contribution in [0.2, 0.25) is 0 Å². The summed E-state index contributed by atoms with van der Waals surface area (Å²) < 4.78 is 0. The Morgan fingerprint density at radius 3 is 2.53 bits per heavy atom. The number of anilines is 2. The number of rotatable bonds is 8. The lowest BCUT2D eigenvalue weighted by Gasteiger charge is -2.28. The summed E-state index contributed by atoms with van der Waals surface area (Å²) in [6.45, 7) is 9.76. The van der Waals surface area contributed by atoms with Crippen molar-refractivity contribution in [1.82, 2.24) is 9.97 Å². The van der Waals surface area contributed by atoms with Crippen molar-refractivity contribution in [1.29, 1.82) is 0 Å². The number of hydrogen-bond donors (Lipinski definition) is 1. The lowest BCUT2D eigenvalue weighted by molar-refractivity contribution is 0.608. The van der Waals surface area contributed by atoms with Gasteiger partial charge in [-0.25, -0.2) is 9.97 Å². The molecule has 0 aliphatic heterocycles. The summed E-state index contributed by atoms with van der Waals surface area (Å²) in [6.07, 6.45) is 6.10. The van der Waals surface area contributed by atoms with Gasteiger partial charge >= 0.3 is 0 Å². The molecule has 0 aliphatic rings. The molecule has 0 radical (unpaired) electrons. The Morgan fingerprint density at radius 1 is 1.21 bits per heavy atom. The maximum Gasteiger partial charge on any atom is 0.137 e. The standard InChI is InChI=1S/C15H28N4/c1-6-9-12(4)19(5)15-13(8-3)14(16-10-7-2)17-11-18-15/h11-12H,6-10H2,1-5H3,(H,16,17,18). The van der Waals surface area contributed by atoms with Gasteiger partial charge in [0.1, 0.15) is 18.0 Å². The van der Waals surface area contributed by atoms with E-state index < -0.39 is 0 Å². The van der Waals surface area contributed by atoms with Crippen LogP contribution in [0.4, 0.5) is 11.6 Å². The van der Waals surface area contributed by atoms with Gasteiger partial charge in [-0.15, -0.1) is 0 Å². The molecule has 0 amide bonds. The predicted octanol–water partition coefficient (Wildman–Crippen LogP) is 3.49. The lowest BCUT2D eigenvalue weighted by atomic mass is 10.1. The van der Waals surface area contributed by atoms with Crippen LogP contribution >= 0.6 is 0 Å². The van der Waals surface area contributed by atoms with Crippen molar-refractivity contribution in [3.05, 3.63) is 11.9 Å². The van der Waals surface area contributed by atoms with E-state index in [4.69, 9.17) is 0 Å². The molecule has 19 heavy (non-hydrogen) atoms. The van der Waals surface area contributed by atoms with Crippen LogP contribution in [0.3, 0.4) is 0 Å². The first kappa shape index (κ1) is 15.7. The summed E-state index contributed by atoms with van der Waals surface area (Å²) in [4.78, 5) is 11.2. The predicted molar refractivity (Wildman–Crippen MR) is 83.0 cm³/mol. The molecule has 0 aromatic carbocycles. The van der Waals surface area contributed by atoms with Crippen molar-refractivity contribution in [2.45, 2.75) is 59.4 Å². The second kappa shape index (κ2) is 7.97. The van der Waals surface area contributed by atoms with Crippen LogP contribution in [-0.2, 0) is 6.42 Å². The molecule has 1 unspecified atom stereocenters. The monoisotopic (exact) mass is 264 g/mol. The first-order valence-electron chi connectivity index (χ1n) is 7.46. The lowest BCUT2D eigenvalue weighted by Crippen LogP contribution is -2.30. The van der Waals surface area contributed by atoms with Crippen LogP contribution in [0.25, 0.3) is 0 Å². The third-order valence-corrected chi connectivity index (χ3v) is 3.52. The summed E-state index contributed by atoms with van der Waals surface area (Å²) >= 11 is 0. The van der Waals surface area contributed by atoms with Gasteiger partial charge in [0.25, 0.3) is 0 Å². The zero-order valence-corrected chi connectivity index (χ0v) is 13.0. The quantitative estimate of drug-likeness (QED) is 0.780. The summed E-state index contributed by atoms with van der Waals surface area (Å²) in [6, 6.07) is 0.504. The molecular weight excluding hydrogens is 236 g/mol. The van der Waals surface area contributed by atoms with E-state index >= 15 is 0 Å². The highest BCUT2D eigenvalue weighted by molar-refractivity contribution is 5.58. The van der Waals surface area contributed by atoms with Gasteiger partial charge in [0.15, 0.2) is 0 Å². The Hall–Kier alpha value is -1.32. The Balaban J connectivity index is 2.99. The number of aromatic nitrogens is 2. The Morgan fingerprint density at radius 2 is 1.95 bits per heavy atom. The minimum Gasteiger partial charge on any atom is -0.370 e. The van der Waals surface area contributed by atoms with Gasteiger partial charge < -0.3 is 10.2 Å². The molecule has 0 fully saturated rings. The molecule has 0 spiro atoms. The zero-order chi connectivity index (χ0) is 14.3. The molecule has 0 aliphatic carbocycles. The topological polar surface area (TPSA) is 41.1 Å². The van der Waals surface area contributed by atoms with Crippen molar-refractivity contribution in [3.63, 3.8) is 0 Å². The van der Waals surface area contributed by atoms with Gasteiger partial charge in [-0.2, -0.15) is 0 Å². The fourth-order valence-electron chi connectivity index (χ4n) is 2.25. The number of hydrogen-bond acceptors (Lipinski definition) is 4. The molecular formula is C15H28N4. The van der Waals surface area contributed by atoms with Crippen LogP contribution in [0.15, 0.2) is 6.33 Å². The van der Waals surface area contributed by atoms with Crippen molar-refractivity contribution in [2.24, 2.45) is 0 Å². The maximum absolute atomic E-state index is 4.50. The van der Waals surface area contributed by atoms with Crippen LogP contribution < -0.4 is 10.2 Å². The van der Waals surface area contributed by atoms with E-state index in [2.05, 4.69) is 54.9 Å². The number of nitrogens with zero attached hydrogens (tertiary/aromatic N) is 3. The van der Waals surface area contributed by atoms with E-state index in [1.54, 1.807) is 6.33 Å². The van der Waals surface area contributed by atoms with Crippen molar-refractivity contribution in [2.75, 3.05) is 23.8 Å². The molecule has 1 aromatic rings. The van der Waals surface area contributed by atoms with E-state index in [1.165, 1.54) is 18.4 Å². The van der Waals surface area contributed by atoms with Gasteiger partial charge in [0.05, 0.1) is 0 Å². The van der Waals surface area contributed by atoms with E-state index in [0.29, 0.717) is 6.04 Å². The molecule has 1 atom stereocenters. The molecule has 1 rings (SSSR count). The minimum absolute atomic E-state index is 0.504.